The Labute approximate surface area is 137 Å². The molecular formula is C20H22N2O. The molecule has 0 radical (unpaired) electrons. The Morgan fingerprint density at radius 3 is 2.65 bits per heavy atom. The quantitative estimate of drug-likeness (QED) is 0.886. The fourth-order valence-electron chi connectivity index (χ4n) is 2.42. The summed E-state index contributed by atoms with van der Waals surface area (Å²) in [5, 5.41) is 13.0. The van der Waals surface area contributed by atoms with Gasteiger partial charge in [0.05, 0.1) is 12.3 Å². The van der Waals surface area contributed by atoms with E-state index in [-0.39, 0.29) is 6.61 Å². The second-order valence-electron chi connectivity index (χ2n) is 5.04. The molecule has 0 aromatic carbocycles. The van der Waals surface area contributed by atoms with E-state index in [1.54, 1.807) is 12.3 Å². The van der Waals surface area contributed by atoms with Crippen molar-refractivity contribution in [3.63, 3.8) is 0 Å². The molecule has 1 aliphatic rings. The van der Waals surface area contributed by atoms with Crippen LogP contribution in [0.1, 0.15) is 19.0 Å². The van der Waals surface area contributed by atoms with Crippen molar-refractivity contribution in [2.24, 2.45) is 0 Å². The largest absolute Gasteiger partial charge is 0.390 e. The monoisotopic (exact) mass is 306 g/mol. The van der Waals surface area contributed by atoms with Crippen LogP contribution in [0.15, 0.2) is 90.4 Å². The van der Waals surface area contributed by atoms with Gasteiger partial charge in [0.1, 0.15) is 0 Å². The third-order valence-corrected chi connectivity index (χ3v) is 3.51. The van der Waals surface area contributed by atoms with Crippen molar-refractivity contribution >= 4 is 5.57 Å². The van der Waals surface area contributed by atoms with E-state index in [2.05, 4.69) is 23.0 Å². The predicted octanol–water partition coefficient (Wildman–Crippen LogP) is 3.92. The van der Waals surface area contributed by atoms with Crippen LogP contribution in [0.5, 0.6) is 0 Å². The molecule has 23 heavy (non-hydrogen) atoms. The van der Waals surface area contributed by atoms with Gasteiger partial charge in [-0.3, -0.25) is 4.98 Å². The lowest BCUT2D eigenvalue weighted by Gasteiger charge is -2.23. The van der Waals surface area contributed by atoms with Crippen molar-refractivity contribution in [2.45, 2.75) is 13.3 Å². The van der Waals surface area contributed by atoms with Crippen LogP contribution in [0.25, 0.3) is 5.57 Å². The molecule has 2 heterocycles. The number of aliphatic hydroxyl groups is 1. The maximum absolute atomic E-state index is 9.73. The Bertz CT molecular complexity index is 688. The summed E-state index contributed by atoms with van der Waals surface area (Å²) in [4.78, 5) is 4.53. The van der Waals surface area contributed by atoms with Crippen molar-refractivity contribution in [1.82, 2.24) is 10.3 Å². The van der Waals surface area contributed by atoms with Crippen molar-refractivity contribution in [2.75, 3.05) is 6.61 Å². The standard InChI is InChI=1S/C20H22N2O/c1-3-11-16-14-17(20(15-23)22-18(16)4-2)19-12-9-7-5-6-8-10-13-21-19/h3-13,22-23H,2,14-15H2,1H3/b6-5?,7-5?,8-6?,9-7?,10-8?,11-3-,12-9?,13-10?,19-12?,21-13?,21-19?. The highest BCUT2D eigenvalue weighted by Gasteiger charge is 2.18. The first-order chi connectivity index (χ1) is 11.3. The van der Waals surface area contributed by atoms with Crippen LogP contribution in [0.3, 0.4) is 0 Å². The molecule has 0 atom stereocenters. The van der Waals surface area contributed by atoms with Gasteiger partial charge in [-0.25, -0.2) is 0 Å². The lowest BCUT2D eigenvalue weighted by Crippen LogP contribution is -2.22. The molecule has 1 aromatic heterocycles. The van der Waals surface area contributed by atoms with Crippen molar-refractivity contribution in [3.8, 4) is 0 Å². The van der Waals surface area contributed by atoms with E-state index in [1.165, 1.54) is 0 Å². The molecule has 1 aliphatic heterocycles. The van der Waals surface area contributed by atoms with E-state index in [4.69, 9.17) is 0 Å². The Balaban J connectivity index is 2.52. The Hall–Kier alpha value is -2.65. The van der Waals surface area contributed by atoms with E-state index in [9.17, 15) is 5.11 Å². The van der Waals surface area contributed by atoms with Gasteiger partial charge in [0.2, 0.25) is 0 Å². The number of hydrogen-bond acceptors (Lipinski definition) is 3. The number of rotatable bonds is 4. The van der Waals surface area contributed by atoms with Gasteiger partial charge in [0.25, 0.3) is 0 Å². The zero-order valence-corrected chi connectivity index (χ0v) is 13.4. The summed E-state index contributed by atoms with van der Waals surface area (Å²) in [6.07, 6.45) is 8.30. The molecule has 2 N–H and O–H groups in total. The summed E-state index contributed by atoms with van der Waals surface area (Å²) < 4.78 is 0. The third-order valence-electron chi connectivity index (χ3n) is 3.51. The third kappa shape index (κ3) is 4.41. The molecule has 0 fully saturated rings. The average Bonchev–Trinajstić information content (AvgIpc) is 2.59. The van der Waals surface area contributed by atoms with Gasteiger partial charge in [-0.1, -0.05) is 49.1 Å². The highest BCUT2D eigenvalue weighted by Crippen LogP contribution is 2.30. The van der Waals surface area contributed by atoms with Gasteiger partial charge in [-0.15, -0.1) is 0 Å². The summed E-state index contributed by atoms with van der Waals surface area (Å²) in [6.45, 7) is 5.76. The normalized spacial score (nSPS) is 14.5. The number of nitrogens with zero attached hydrogens (tertiary/aromatic N) is 1. The van der Waals surface area contributed by atoms with Crippen molar-refractivity contribution in [1.29, 1.82) is 0 Å². The molecule has 0 spiro atoms. The molecule has 0 unspecified atom stereocenters. The highest BCUT2D eigenvalue weighted by molar-refractivity contribution is 5.71. The summed E-state index contributed by atoms with van der Waals surface area (Å²) in [7, 11) is 0. The van der Waals surface area contributed by atoms with Gasteiger partial charge < -0.3 is 10.4 Å². The maximum atomic E-state index is 9.73. The van der Waals surface area contributed by atoms with E-state index in [0.717, 1.165) is 28.2 Å². The van der Waals surface area contributed by atoms with Gasteiger partial charge in [0, 0.05) is 29.6 Å². The van der Waals surface area contributed by atoms with E-state index in [0.29, 0.717) is 6.42 Å². The number of dihydropyridines is 1. The Morgan fingerprint density at radius 1 is 1.22 bits per heavy atom. The lowest BCUT2D eigenvalue weighted by atomic mass is 9.94. The summed E-state index contributed by atoms with van der Waals surface area (Å²) in [6, 6.07) is 13.6. The first kappa shape index (κ1) is 16.7. The molecule has 0 bridgehead atoms. The van der Waals surface area contributed by atoms with Crippen molar-refractivity contribution in [3.05, 3.63) is 96.1 Å². The van der Waals surface area contributed by atoms with Gasteiger partial charge in [0.15, 0.2) is 0 Å². The minimum absolute atomic E-state index is 0.0674. The molecule has 0 saturated carbocycles. The topological polar surface area (TPSA) is 45.2 Å². The molecule has 0 saturated heterocycles. The van der Waals surface area contributed by atoms with Crippen LogP contribution in [-0.4, -0.2) is 16.7 Å². The molecule has 3 nitrogen and oxygen atoms in total. The zero-order chi connectivity index (χ0) is 16.5. The first-order valence-corrected chi connectivity index (χ1v) is 7.63. The molecular weight excluding hydrogens is 284 g/mol. The fraction of sp³-hybridized carbons (Fsp3) is 0.150. The van der Waals surface area contributed by atoms with Crippen LogP contribution in [0, 0.1) is 0 Å². The van der Waals surface area contributed by atoms with Crippen molar-refractivity contribution < 1.29 is 5.11 Å². The predicted molar refractivity (Wildman–Crippen MR) is 95.7 cm³/mol. The summed E-state index contributed by atoms with van der Waals surface area (Å²) >= 11 is 0. The van der Waals surface area contributed by atoms with E-state index >= 15 is 0 Å². The highest BCUT2D eigenvalue weighted by atomic mass is 16.3. The number of hydrogen-bond donors (Lipinski definition) is 2. The molecule has 3 heteroatoms. The summed E-state index contributed by atoms with van der Waals surface area (Å²) in [5.74, 6) is 0. The number of aromatic nitrogens is 1. The second kappa shape index (κ2) is 8.71. The molecule has 0 amide bonds. The van der Waals surface area contributed by atoms with Gasteiger partial charge >= 0.3 is 0 Å². The van der Waals surface area contributed by atoms with Crippen LogP contribution in [-0.2, 0) is 0 Å². The minimum Gasteiger partial charge on any atom is -0.390 e. The lowest BCUT2D eigenvalue weighted by molar-refractivity contribution is 0.324. The smallest absolute Gasteiger partial charge is 0.0834 e. The maximum Gasteiger partial charge on any atom is 0.0834 e. The SMILES string of the molecule is C=CC1=C(/C=C\C)CC(c2ccccccccn2)=C(CO)N1. The van der Waals surface area contributed by atoms with E-state index in [1.807, 2.05) is 55.5 Å². The Kier molecular flexibility index (Phi) is 6.33. The molecule has 0 aliphatic carbocycles. The number of aliphatic hydroxyl groups excluding tert-OH is 1. The summed E-state index contributed by atoms with van der Waals surface area (Å²) in [5.41, 5.74) is 4.65. The van der Waals surface area contributed by atoms with Crippen LogP contribution < -0.4 is 5.32 Å². The number of nitrogens with one attached hydrogen (secondary N) is 1. The average molecular weight is 306 g/mol. The fourth-order valence-corrected chi connectivity index (χ4v) is 2.42. The first-order valence-electron chi connectivity index (χ1n) is 7.63. The molecule has 2 rings (SSSR count). The van der Waals surface area contributed by atoms with Crippen LogP contribution in [0.2, 0.25) is 0 Å². The minimum atomic E-state index is -0.0674. The van der Waals surface area contributed by atoms with E-state index < -0.39 is 0 Å². The molecule has 1 aromatic rings. The molecule has 118 valence electrons. The number of allylic oxidation sites excluding steroid dienone is 5. The Morgan fingerprint density at radius 2 is 1.96 bits per heavy atom. The van der Waals surface area contributed by atoms with Gasteiger partial charge in [-0.2, -0.15) is 0 Å². The van der Waals surface area contributed by atoms with Crippen LogP contribution in [0.4, 0.5) is 0 Å². The van der Waals surface area contributed by atoms with Crippen LogP contribution >= 0.6 is 0 Å². The second-order valence-corrected chi connectivity index (χ2v) is 5.04. The zero-order valence-electron chi connectivity index (χ0n) is 13.4. The van der Waals surface area contributed by atoms with Gasteiger partial charge in [-0.05, 0) is 30.7 Å².